The van der Waals surface area contributed by atoms with Crippen molar-refractivity contribution in [2.24, 2.45) is 5.92 Å². The first-order valence-electron chi connectivity index (χ1n) is 7.94. The number of rotatable bonds is 6. The predicted octanol–water partition coefficient (Wildman–Crippen LogP) is 4.27. The SMILES string of the molecule is CCOC1(C(=O)CCC2CCCCC2)CCCC1. The van der Waals surface area contributed by atoms with Gasteiger partial charge in [0, 0.05) is 13.0 Å². The highest BCUT2D eigenvalue weighted by Gasteiger charge is 2.41. The Balaban J connectivity index is 1.81. The molecular weight excluding hydrogens is 224 g/mol. The molecule has 0 unspecified atom stereocenters. The summed E-state index contributed by atoms with van der Waals surface area (Å²) >= 11 is 0. The Bertz CT molecular complexity index is 260. The molecule has 0 atom stereocenters. The molecule has 0 saturated heterocycles. The van der Waals surface area contributed by atoms with Crippen LogP contribution in [-0.4, -0.2) is 18.0 Å². The van der Waals surface area contributed by atoms with Crippen molar-refractivity contribution < 1.29 is 9.53 Å². The summed E-state index contributed by atoms with van der Waals surface area (Å²) in [5.74, 6) is 1.20. The van der Waals surface area contributed by atoms with Crippen LogP contribution in [-0.2, 0) is 9.53 Å². The molecule has 0 spiro atoms. The first-order valence-corrected chi connectivity index (χ1v) is 7.94. The third-order valence-electron chi connectivity index (χ3n) is 4.84. The van der Waals surface area contributed by atoms with Crippen molar-refractivity contribution in [1.82, 2.24) is 0 Å². The smallest absolute Gasteiger partial charge is 0.164 e. The van der Waals surface area contributed by atoms with E-state index in [2.05, 4.69) is 0 Å². The fraction of sp³-hybridized carbons (Fsp3) is 0.938. The Morgan fingerprint density at radius 2 is 1.78 bits per heavy atom. The average Bonchev–Trinajstić information content (AvgIpc) is 2.87. The highest BCUT2D eigenvalue weighted by molar-refractivity contribution is 5.87. The molecule has 0 aliphatic heterocycles. The van der Waals surface area contributed by atoms with Gasteiger partial charge in [0.15, 0.2) is 5.78 Å². The Labute approximate surface area is 111 Å². The summed E-state index contributed by atoms with van der Waals surface area (Å²) in [6.07, 6.45) is 12.9. The third-order valence-corrected chi connectivity index (χ3v) is 4.84. The quantitative estimate of drug-likeness (QED) is 0.706. The molecule has 18 heavy (non-hydrogen) atoms. The van der Waals surface area contributed by atoms with Gasteiger partial charge >= 0.3 is 0 Å². The van der Waals surface area contributed by atoms with Gasteiger partial charge in [0.25, 0.3) is 0 Å². The van der Waals surface area contributed by atoms with E-state index in [-0.39, 0.29) is 5.60 Å². The van der Waals surface area contributed by atoms with Gasteiger partial charge in [0.05, 0.1) is 0 Å². The summed E-state index contributed by atoms with van der Waals surface area (Å²) in [5.41, 5.74) is -0.385. The molecule has 0 radical (unpaired) electrons. The standard InChI is InChI=1S/C16H28O2/c1-2-18-16(12-6-7-13-16)15(17)11-10-14-8-4-3-5-9-14/h14H,2-13H2,1H3. The molecule has 0 aromatic rings. The number of ketones is 1. The number of hydrogen-bond acceptors (Lipinski definition) is 2. The lowest BCUT2D eigenvalue weighted by atomic mass is 9.83. The molecule has 0 N–H and O–H groups in total. The van der Waals surface area contributed by atoms with Crippen LogP contribution in [0.25, 0.3) is 0 Å². The van der Waals surface area contributed by atoms with Gasteiger partial charge in [0.2, 0.25) is 0 Å². The molecule has 2 saturated carbocycles. The highest BCUT2D eigenvalue weighted by atomic mass is 16.5. The monoisotopic (exact) mass is 252 g/mol. The summed E-state index contributed by atoms with van der Waals surface area (Å²) in [6, 6.07) is 0. The molecular formula is C16H28O2. The van der Waals surface area contributed by atoms with Crippen molar-refractivity contribution in [1.29, 1.82) is 0 Å². The number of carbonyl (C=O) groups excluding carboxylic acids is 1. The molecule has 0 aromatic carbocycles. The lowest BCUT2D eigenvalue weighted by molar-refractivity contribution is -0.144. The van der Waals surface area contributed by atoms with Gasteiger partial charge in [-0.05, 0) is 44.9 Å². The summed E-state index contributed by atoms with van der Waals surface area (Å²) < 4.78 is 5.84. The topological polar surface area (TPSA) is 26.3 Å². The van der Waals surface area contributed by atoms with Gasteiger partial charge < -0.3 is 4.74 Å². The molecule has 2 fully saturated rings. The second kappa shape index (κ2) is 6.70. The molecule has 2 heteroatoms. The molecule has 2 aliphatic carbocycles. The van der Waals surface area contributed by atoms with Gasteiger partial charge in [0.1, 0.15) is 5.60 Å². The van der Waals surface area contributed by atoms with E-state index in [4.69, 9.17) is 4.74 Å². The van der Waals surface area contributed by atoms with E-state index in [0.29, 0.717) is 12.4 Å². The maximum absolute atomic E-state index is 12.5. The fourth-order valence-electron chi connectivity index (χ4n) is 3.76. The third kappa shape index (κ3) is 3.34. The Kier molecular flexibility index (Phi) is 5.23. The predicted molar refractivity (Wildman–Crippen MR) is 73.6 cm³/mol. The van der Waals surface area contributed by atoms with E-state index in [0.717, 1.165) is 44.4 Å². The van der Waals surface area contributed by atoms with Gasteiger partial charge in [-0.3, -0.25) is 4.79 Å². The van der Waals surface area contributed by atoms with Crippen LogP contribution < -0.4 is 0 Å². The molecule has 2 rings (SSSR count). The van der Waals surface area contributed by atoms with Crippen molar-refractivity contribution in [2.45, 2.75) is 83.2 Å². The summed E-state index contributed by atoms with van der Waals surface area (Å²) in [7, 11) is 0. The fourth-order valence-corrected chi connectivity index (χ4v) is 3.76. The molecule has 0 heterocycles. The first-order chi connectivity index (χ1) is 8.77. The van der Waals surface area contributed by atoms with Crippen LogP contribution >= 0.6 is 0 Å². The van der Waals surface area contributed by atoms with Crippen LogP contribution in [0.1, 0.15) is 77.6 Å². The maximum atomic E-state index is 12.5. The number of Topliss-reactive ketones (excluding diaryl/α,β-unsaturated/α-hetero) is 1. The van der Waals surface area contributed by atoms with Crippen LogP contribution in [0.2, 0.25) is 0 Å². The Morgan fingerprint density at radius 1 is 1.11 bits per heavy atom. The largest absolute Gasteiger partial charge is 0.368 e. The van der Waals surface area contributed by atoms with Crippen LogP contribution in [0.3, 0.4) is 0 Å². The van der Waals surface area contributed by atoms with Crippen molar-refractivity contribution in [3.63, 3.8) is 0 Å². The van der Waals surface area contributed by atoms with Crippen molar-refractivity contribution in [3.05, 3.63) is 0 Å². The zero-order chi connectivity index (χ0) is 12.8. The molecule has 104 valence electrons. The van der Waals surface area contributed by atoms with Gasteiger partial charge in [-0.25, -0.2) is 0 Å². The minimum Gasteiger partial charge on any atom is -0.368 e. The summed E-state index contributed by atoms with van der Waals surface area (Å²) in [6.45, 7) is 2.68. The van der Waals surface area contributed by atoms with E-state index in [1.165, 1.54) is 32.1 Å². The first kappa shape index (κ1) is 14.0. The van der Waals surface area contributed by atoms with E-state index in [1.54, 1.807) is 0 Å². The molecule has 0 amide bonds. The average molecular weight is 252 g/mol. The van der Waals surface area contributed by atoms with E-state index < -0.39 is 0 Å². The van der Waals surface area contributed by atoms with Gasteiger partial charge in [-0.1, -0.05) is 32.1 Å². The second-order valence-corrected chi connectivity index (χ2v) is 6.10. The van der Waals surface area contributed by atoms with Gasteiger partial charge in [-0.2, -0.15) is 0 Å². The minimum absolute atomic E-state index is 0.385. The molecule has 2 nitrogen and oxygen atoms in total. The van der Waals surface area contributed by atoms with E-state index in [9.17, 15) is 4.79 Å². The van der Waals surface area contributed by atoms with Crippen LogP contribution in [0.5, 0.6) is 0 Å². The van der Waals surface area contributed by atoms with Crippen molar-refractivity contribution >= 4 is 5.78 Å². The maximum Gasteiger partial charge on any atom is 0.164 e. The summed E-state index contributed by atoms with van der Waals surface area (Å²) in [5, 5.41) is 0. The highest BCUT2D eigenvalue weighted by Crippen LogP contribution is 2.36. The van der Waals surface area contributed by atoms with Crippen LogP contribution in [0.4, 0.5) is 0 Å². The van der Waals surface area contributed by atoms with Gasteiger partial charge in [-0.15, -0.1) is 0 Å². The Morgan fingerprint density at radius 3 is 2.39 bits per heavy atom. The number of carbonyl (C=O) groups is 1. The van der Waals surface area contributed by atoms with Crippen molar-refractivity contribution in [2.75, 3.05) is 6.61 Å². The molecule has 0 bridgehead atoms. The molecule has 2 aliphatic rings. The van der Waals surface area contributed by atoms with Crippen LogP contribution in [0, 0.1) is 5.92 Å². The minimum atomic E-state index is -0.385. The number of ether oxygens (including phenoxy) is 1. The summed E-state index contributed by atoms with van der Waals surface area (Å²) in [4.78, 5) is 12.5. The zero-order valence-corrected chi connectivity index (χ0v) is 11.9. The number of hydrogen-bond donors (Lipinski definition) is 0. The van der Waals surface area contributed by atoms with E-state index in [1.807, 2.05) is 6.92 Å². The van der Waals surface area contributed by atoms with Crippen molar-refractivity contribution in [3.8, 4) is 0 Å². The normalized spacial score (nSPS) is 24.3. The second-order valence-electron chi connectivity index (χ2n) is 6.10. The Hall–Kier alpha value is -0.370. The lowest BCUT2D eigenvalue weighted by Crippen LogP contribution is -2.39. The molecule has 0 aromatic heterocycles. The zero-order valence-electron chi connectivity index (χ0n) is 11.9. The van der Waals surface area contributed by atoms with E-state index >= 15 is 0 Å². The van der Waals surface area contributed by atoms with Crippen LogP contribution in [0.15, 0.2) is 0 Å². The lowest BCUT2D eigenvalue weighted by Gasteiger charge is -2.28.